The Kier molecular flexibility index (Phi) is 3.08. The van der Waals surface area contributed by atoms with Gasteiger partial charge in [0, 0.05) is 11.6 Å². The lowest BCUT2D eigenvalue weighted by Gasteiger charge is -2.32. The van der Waals surface area contributed by atoms with Gasteiger partial charge < -0.3 is 10.4 Å². The van der Waals surface area contributed by atoms with Gasteiger partial charge >= 0.3 is 0 Å². The molecule has 0 heterocycles. The molecule has 0 bridgehead atoms. The number of hydrogen-bond acceptors (Lipinski definition) is 2. The molecule has 3 nitrogen and oxygen atoms in total. The zero-order valence-corrected chi connectivity index (χ0v) is 10.5. The van der Waals surface area contributed by atoms with Crippen LogP contribution >= 0.6 is 0 Å². The molecule has 0 saturated heterocycles. The summed E-state index contributed by atoms with van der Waals surface area (Å²) < 4.78 is 0. The predicted octanol–water partition coefficient (Wildman–Crippen LogP) is 1.82. The monoisotopic (exact) mass is 245 g/mol. The molecule has 1 saturated carbocycles. The molecule has 18 heavy (non-hydrogen) atoms. The highest BCUT2D eigenvalue weighted by molar-refractivity contribution is 5.94. The molecular weight excluding hydrogens is 226 g/mol. The van der Waals surface area contributed by atoms with Crippen molar-refractivity contribution in [2.75, 3.05) is 0 Å². The van der Waals surface area contributed by atoms with Crippen LogP contribution in [0.4, 0.5) is 0 Å². The minimum Gasteiger partial charge on any atom is -0.393 e. The van der Waals surface area contributed by atoms with Gasteiger partial charge in [-0.3, -0.25) is 4.79 Å². The maximum absolute atomic E-state index is 12.0. The number of hydrogen-bond donors (Lipinski definition) is 2. The lowest BCUT2D eigenvalue weighted by molar-refractivity contribution is 0.0562. The van der Waals surface area contributed by atoms with Crippen LogP contribution in [0.15, 0.2) is 18.2 Å². The van der Waals surface area contributed by atoms with E-state index in [0.29, 0.717) is 12.8 Å². The second-order valence-corrected chi connectivity index (χ2v) is 5.49. The first kappa shape index (κ1) is 11.7. The van der Waals surface area contributed by atoms with E-state index in [4.69, 9.17) is 0 Å². The van der Waals surface area contributed by atoms with Crippen molar-refractivity contribution in [2.24, 2.45) is 0 Å². The van der Waals surface area contributed by atoms with Gasteiger partial charge in [0.2, 0.25) is 0 Å². The van der Waals surface area contributed by atoms with E-state index in [1.165, 1.54) is 24.0 Å². The Bertz CT molecular complexity index is 464. The lowest BCUT2D eigenvalue weighted by atomic mass is 9.88. The Morgan fingerprint density at radius 3 is 2.61 bits per heavy atom. The van der Waals surface area contributed by atoms with Gasteiger partial charge in [-0.25, -0.2) is 0 Å². The van der Waals surface area contributed by atoms with E-state index in [1.807, 2.05) is 12.1 Å². The topological polar surface area (TPSA) is 49.3 Å². The van der Waals surface area contributed by atoms with Gasteiger partial charge in [0.05, 0.1) is 6.10 Å². The Morgan fingerprint density at radius 1 is 1.17 bits per heavy atom. The number of benzene rings is 1. The third-order valence-electron chi connectivity index (χ3n) is 4.06. The van der Waals surface area contributed by atoms with Crippen LogP contribution in [-0.2, 0) is 12.8 Å². The van der Waals surface area contributed by atoms with E-state index in [1.54, 1.807) is 0 Å². The van der Waals surface area contributed by atoms with E-state index in [9.17, 15) is 9.90 Å². The summed E-state index contributed by atoms with van der Waals surface area (Å²) in [6, 6.07) is 6.22. The van der Waals surface area contributed by atoms with Crippen LogP contribution in [0.5, 0.6) is 0 Å². The van der Waals surface area contributed by atoms with E-state index in [-0.39, 0.29) is 18.1 Å². The molecule has 0 radical (unpaired) electrons. The average Bonchev–Trinajstić information content (AvgIpc) is 2.36. The lowest BCUT2D eigenvalue weighted by Crippen LogP contribution is -2.46. The summed E-state index contributed by atoms with van der Waals surface area (Å²) in [6.45, 7) is 0. The van der Waals surface area contributed by atoms with Crippen molar-refractivity contribution < 1.29 is 9.90 Å². The smallest absolute Gasteiger partial charge is 0.251 e. The standard InChI is InChI=1S/C15H19NO2/c17-14-8-13(9-14)16-15(18)12-6-5-10-3-1-2-4-11(10)7-12/h5-7,13-14,17H,1-4,8-9H2,(H,16,18). The highest BCUT2D eigenvalue weighted by Crippen LogP contribution is 2.23. The number of rotatable bonds is 2. The Morgan fingerprint density at radius 2 is 1.89 bits per heavy atom. The third kappa shape index (κ3) is 2.27. The number of carbonyl (C=O) groups excluding carboxylic acids is 1. The van der Waals surface area contributed by atoms with Crippen molar-refractivity contribution in [1.29, 1.82) is 0 Å². The van der Waals surface area contributed by atoms with Gasteiger partial charge in [0.25, 0.3) is 5.91 Å². The number of nitrogens with one attached hydrogen (secondary N) is 1. The summed E-state index contributed by atoms with van der Waals surface area (Å²) >= 11 is 0. The Labute approximate surface area is 107 Å². The fourth-order valence-corrected chi connectivity index (χ4v) is 2.85. The summed E-state index contributed by atoms with van der Waals surface area (Å²) in [5.41, 5.74) is 3.50. The maximum Gasteiger partial charge on any atom is 0.251 e. The summed E-state index contributed by atoms with van der Waals surface area (Å²) in [5, 5.41) is 12.2. The fourth-order valence-electron chi connectivity index (χ4n) is 2.85. The molecule has 3 heteroatoms. The second-order valence-electron chi connectivity index (χ2n) is 5.49. The number of carbonyl (C=O) groups is 1. The first-order chi connectivity index (χ1) is 8.72. The van der Waals surface area contributed by atoms with Crippen molar-refractivity contribution in [2.45, 2.75) is 50.7 Å². The molecule has 0 spiro atoms. The minimum atomic E-state index is -0.223. The average molecular weight is 245 g/mol. The molecule has 0 unspecified atom stereocenters. The summed E-state index contributed by atoms with van der Waals surface area (Å²) in [7, 11) is 0. The van der Waals surface area contributed by atoms with E-state index < -0.39 is 0 Å². The number of amides is 1. The molecule has 0 aromatic heterocycles. The first-order valence-corrected chi connectivity index (χ1v) is 6.83. The predicted molar refractivity (Wildman–Crippen MR) is 69.6 cm³/mol. The molecule has 2 aliphatic rings. The normalized spacial score (nSPS) is 26.1. The van der Waals surface area contributed by atoms with Crippen LogP contribution in [-0.4, -0.2) is 23.2 Å². The molecule has 3 rings (SSSR count). The molecule has 1 aromatic carbocycles. The molecular formula is C15H19NO2. The second kappa shape index (κ2) is 4.73. The van der Waals surface area contributed by atoms with Crippen LogP contribution in [0, 0.1) is 0 Å². The van der Waals surface area contributed by atoms with Crippen LogP contribution in [0.1, 0.15) is 47.2 Å². The summed E-state index contributed by atoms with van der Waals surface area (Å²) in [5.74, 6) is 0.000253. The Balaban J connectivity index is 1.69. The van der Waals surface area contributed by atoms with E-state index in [2.05, 4.69) is 11.4 Å². The highest BCUT2D eigenvalue weighted by Gasteiger charge is 2.28. The van der Waals surface area contributed by atoms with Gasteiger partial charge in [0.15, 0.2) is 0 Å². The molecule has 0 aliphatic heterocycles. The number of aliphatic hydroxyl groups is 1. The van der Waals surface area contributed by atoms with Crippen LogP contribution < -0.4 is 5.32 Å². The van der Waals surface area contributed by atoms with Gasteiger partial charge in [-0.1, -0.05) is 6.07 Å². The molecule has 2 N–H and O–H groups in total. The van der Waals surface area contributed by atoms with Gasteiger partial charge in [0.1, 0.15) is 0 Å². The first-order valence-electron chi connectivity index (χ1n) is 6.83. The fraction of sp³-hybridized carbons (Fsp3) is 0.533. The quantitative estimate of drug-likeness (QED) is 0.835. The van der Waals surface area contributed by atoms with Gasteiger partial charge in [-0.15, -0.1) is 0 Å². The van der Waals surface area contributed by atoms with Crippen molar-refractivity contribution in [1.82, 2.24) is 5.32 Å². The number of fused-ring (bicyclic) bond motifs is 1. The SMILES string of the molecule is O=C(NC1CC(O)C1)c1ccc2c(c1)CCCC2. The van der Waals surface area contributed by atoms with Crippen molar-refractivity contribution in [3.63, 3.8) is 0 Å². The highest BCUT2D eigenvalue weighted by atomic mass is 16.3. The largest absolute Gasteiger partial charge is 0.393 e. The third-order valence-corrected chi connectivity index (χ3v) is 4.06. The van der Waals surface area contributed by atoms with Gasteiger partial charge in [-0.05, 0) is 61.8 Å². The maximum atomic E-state index is 12.0. The summed E-state index contributed by atoms with van der Waals surface area (Å²) in [4.78, 5) is 12.0. The molecule has 1 aromatic rings. The van der Waals surface area contributed by atoms with Crippen molar-refractivity contribution >= 4 is 5.91 Å². The van der Waals surface area contributed by atoms with Gasteiger partial charge in [-0.2, -0.15) is 0 Å². The number of aryl methyl sites for hydroxylation is 2. The van der Waals surface area contributed by atoms with Crippen LogP contribution in [0.3, 0.4) is 0 Å². The molecule has 1 fully saturated rings. The molecule has 2 aliphatic carbocycles. The van der Waals surface area contributed by atoms with Crippen LogP contribution in [0.25, 0.3) is 0 Å². The zero-order valence-electron chi connectivity index (χ0n) is 10.5. The van der Waals surface area contributed by atoms with Crippen LogP contribution in [0.2, 0.25) is 0 Å². The molecule has 1 amide bonds. The van der Waals surface area contributed by atoms with Crippen molar-refractivity contribution in [3.05, 3.63) is 34.9 Å². The number of aliphatic hydroxyl groups excluding tert-OH is 1. The zero-order chi connectivity index (χ0) is 12.5. The minimum absolute atomic E-state index is 0.000253. The summed E-state index contributed by atoms with van der Waals surface area (Å²) in [6.07, 6.45) is 5.89. The molecule has 0 atom stereocenters. The van der Waals surface area contributed by atoms with E-state index >= 15 is 0 Å². The Hall–Kier alpha value is -1.35. The van der Waals surface area contributed by atoms with E-state index in [0.717, 1.165) is 18.4 Å². The molecule has 96 valence electrons. The van der Waals surface area contributed by atoms with Crippen molar-refractivity contribution in [3.8, 4) is 0 Å².